The summed E-state index contributed by atoms with van der Waals surface area (Å²) in [5.74, 6) is 1.56. The number of nitrogens with one attached hydrogen (secondary N) is 1. The first-order valence-corrected chi connectivity index (χ1v) is 12.4. The lowest BCUT2D eigenvalue weighted by Crippen LogP contribution is -2.41. The van der Waals surface area contributed by atoms with Crippen LogP contribution in [0, 0.1) is 5.92 Å². The van der Waals surface area contributed by atoms with Gasteiger partial charge in [-0.25, -0.2) is 4.98 Å². The van der Waals surface area contributed by atoms with Gasteiger partial charge in [-0.05, 0) is 61.9 Å². The second-order valence-corrected chi connectivity index (χ2v) is 9.48. The van der Waals surface area contributed by atoms with Crippen molar-refractivity contribution >= 4 is 22.9 Å². The molecule has 2 aliphatic rings. The van der Waals surface area contributed by atoms with E-state index >= 15 is 0 Å². The number of benzene rings is 2. The van der Waals surface area contributed by atoms with Crippen molar-refractivity contribution in [2.75, 3.05) is 20.3 Å². The van der Waals surface area contributed by atoms with Crippen molar-refractivity contribution in [1.29, 1.82) is 0 Å². The molecule has 36 heavy (non-hydrogen) atoms. The normalized spacial score (nSPS) is 20.3. The van der Waals surface area contributed by atoms with Crippen molar-refractivity contribution in [3.63, 3.8) is 0 Å². The van der Waals surface area contributed by atoms with Crippen molar-refractivity contribution < 1.29 is 28.2 Å². The highest BCUT2D eigenvalue weighted by Gasteiger charge is 2.32. The van der Waals surface area contributed by atoms with Gasteiger partial charge < -0.3 is 29.7 Å². The first-order valence-electron chi connectivity index (χ1n) is 12.4. The molecule has 2 aromatic carbocycles. The number of rotatable bonds is 9. The molecular weight excluding hydrogens is 462 g/mol. The topological polar surface area (TPSA) is 126 Å². The number of ether oxygens (including phenoxy) is 3. The summed E-state index contributed by atoms with van der Waals surface area (Å²) >= 11 is 0. The van der Waals surface area contributed by atoms with E-state index in [0.29, 0.717) is 42.1 Å². The van der Waals surface area contributed by atoms with Gasteiger partial charge in [0.1, 0.15) is 5.52 Å². The number of carbonyl (C=O) groups is 2. The predicted octanol–water partition coefficient (Wildman–Crippen LogP) is 3.48. The van der Waals surface area contributed by atoms with Crippen molar-refractivity contribution in [1.82, 2.24) is 10.3 Å². The third-order valence-electron chi connectivity index (χ3n) is 6.93. The standard InChI is InChI=1S/C27H31N3O6/c1-33-21-10-9-16(12-23(21)35-19-5-2-3-6-19)18-11-17(27(32)29-14-18)13-25-30-20-7-4-8-22(26(20)36-25)34-15-24(28)31/h4,7-10,12,17-19H,2-3,5-6,11,13-15H2,1H3,(H2,28,31)(H,29,32)/t17-,18+/m0/s1. The van der Waals surface area contributed by atoms with E-state index in [9.17, 15) is 9.59 Å². The zero-order chi connectivity index (χ0) is 25.1. The molecule has 0 unspecified atom stereocenters. The van der Waals surface area contributed by atoms with Gasteiger partial charge >= 0.3 is 0 Å². The van der Waals surface area contributed by atoms with Crippen LogP contribution in [-0.2, 0) is 16.0 Å². The van der Waals surface area contributed by atoms with Crippen molar-refractivity contribution in [3.8, 4) is 17.2 Å². The van der Waals surface area contributed by atoms with E-state index in [-0.39, 0.29) is 30.5 Å². The van der Waals surface area contributed by atoms with Crippen LogP contribution in [0.4, 0.5) is 0 Å². The number of methoxy groups -OCH3 is 1. The number of amides is 2. The fraction of sp³-hybridized carbons (Fsp3) is 0.444. The highest BCUT2D eigenvalue weighted by molar-refractivity contribution is 5.82. The van der Waals surface area contributed by atoms with Crippen LogP contribution < -0.4 is 25.3 Å². The van der Waals surface area contributed by atoms with Crippen LogP contribution in [-0.4, -0.2) is 43.2 Å². The van der Waals surface area contributed by atoms with E-state index in [1.54, 1.807) is 25.3 Å². The van der Waals surface area contributed by atoms with Crippen LogP contribution >= 0.6 is 0 Å². The zero-order valence-electron chi connectivity index (χ0n) is 20.3. The molecule has 0 spiro atoms. The van der Waals surface area contributed by atoms with Gasteiger partial charge in [-0.1, -0.05) is 12.1 Å². The number of hydrogen-bond acceptors (Lipinski definition) is 7. The van der Waals surface area contributed by atoms with E-state index in [1.807, 2.05) is 12.1 Å². The second kappa shape index (κ2) is 10.5. The molecule has 2 amide bonds. The average Bonchev–Trinajstić information content (AvgIpc) is 3.53. The summed E-state index contributed by atoms with van der Waals surface area (Å²) in [7, 11) is 1.65. The minimum atomic E-state index is -0.577. The largest absolute Gasteiger partial charge is 0.493 e. The van der Waals surface area contributed by atoms with Gasteiger partial charge in [-0.3, -0.25) is 9.59 Å². The lowest BCUT2D eigenvalue weighted by atomic mass is 9.83. The van der Waals surface area contributed by atoms with Crippen LogP contribution in [0.15, 0.2) is 40.8 Å². The summed E-state index contributed by atoms with van der Waals surface area (Å²) in [4.78, 5) is 28.4. The summed E-state index contributed by atoms with van der Waals surface area (Å²) in [5, 5.41) is 3.04. The van der Waals surface area contributed by atoms with Gasteiger partial charge in [0.15, 0.2) is 35.3 Å². The summed E-state index contributed by atoms with van der Waals surface area (Å²) in [6.45, 7) is 0.305. The maximum absolute atomic E-state index is 12.7. The minimum Gasteiger partial charge on any atom is -0.493 e. The molecule has 2 fully saturated rings. The summed E-state index contributed by atoms with van der Waals surface area (Å²) < 4.78 is 23.2. The number of oxazole rings is 1. The molecule has 1 aromatic heterocycles. The first kappa shape index (κ1) is 24.0. The summed E-state index contributed by atoms with van der Waals surface area (Å²) in [6.07, 6.45) is 5.75. The SMILES string of the molecule is COc1ccc([C@H]2CNC(=O)[C@H](Cc3nc4cccc(OCC(N)=O)c4o3)C2)cc1OC1CCCC1. The summed E-state index contributed by atoms with van der Waals surface area (Å²) in [6, 6.07) is 11.3. The molecule has 0 bridgehead atoms. The van der Waals surface area contributed by atoms with Gasteiger partial charge in [0.2, 0.25) is 5.91 Å². The van der Waals surface area contributed by atoms with E-state index in [4.69, 9.17) is 24.4 Å². The van der Waals surface area contributed by atoms with Crippen LogP contribution in [0.5, 0.6) is 17.2 Å². The molecule has 1 aliphatic heterocycles. The fourth-order valence-electron chi connectivity index (χ4n) is 5.09. The Hall–Kier alpha value is -3.75. The number of carbonyl (C=O) groups excluding carboxylic acids is 2. The quantitative estimate of drug-likeness (QED) is 0.467. The molecule has 2 heterocycles. The predicted molar refractivity (Wildman–Crippen MR) is 132 cm³/mol. The average molecular weight is 494 g/mol. The molecule has 1 saturated heterocycles. The lowest BCUT2D eigenvalue weighted by Gasteiger charge is -2.29. The Kier molecular flexibility index (Phi) is 6.97. The van der Waals surface area contributed by atoms with Crippen molar-refractivity contribution in [3.05, 3.63) is 47.9 Å². The molecule has 0 radical (unpaired) electrons. The molecule has 2 atom stereocenters. The van der Waals surface area contributed by atoms with E-state index in [2.05, 4.69) is 16.4 Å². The number of aromatic nitrogens is 1. The van der Waals surface area contributed by atoms with Crippen LogP contribution in [0.2, 0.25) is 0 Å². The third-order valence-corrected chi connectivity index (χ3v) is 6.93. The van der Waals surface area contributed by atoms with Crippen molar-refractivity contribution in [2.45, 2.75) is 50.5 Å². The number of fused-ring (bicyclic) bond motifs is 1. The zero-order valence-corrected chi connectivity index (χ0v) is 20.3. The number of nitrogens with zero attached hydrogens (tertiary/aromatic N) is 1. The molecule has 9 heteroatoms. The number of hydrogen-bond donors (Lipinski definition) is 2. The summed E-state index contributed by atoms with van der Waals surface area (Å²) in [5.41, 5.74) is 7.33. The molecule has 3 N–H and O–H groups in total. The van der Waals surface area contributed by atoms with Gasteiger partial charge in [0, 0.05) is 24.8 Å². The lowest BCUT2D eigenvalue weighted by molar-refractivity contribution is -0.127. The van der Waals surface area contributed by atoms with E-state index in [1.165, 1.54) is 12.8 Å². The minimum absolute atomic E-state index is 0.0188. The smallest absolute Gasteiger partial charge is 0.255 e. The highest BCUT2D eigenvalue weighted by Crippen LogP contribution is 2.37. The van der Waals surface area contributed by atoms with Gasteiger partial charge in [0.25, 0.3) is 5.91 Å². The van der Waals surface area contributed by atoms with Crippen molar-refractivity contribution in [2.24, 2.45) is 11.7 Å². The molecule has 3 aromatic rings. The van der Waals surface area contributed by atoms with Crippen LogP contribution in [0.3, 0.4) is 0 Å². The Morgan fingerprint density at radius 3 is 2.78 bits per heavy atom. The van der Waals surface area contributed by atoms with Crippen LogP contribution in [0.25, 0.3) is 11.1 Å². The van der Waals surface area contributed by atoms with Gasteiger partial charge in [-0.2, -0.15) is 0 Å². The second-order valence-electron chi connectivity index (χ2n) is 9.48. The molecule has 1 saturated carbocycles. The molecule has 1 aliphatic carbocycles. The van der Waals surface area contributed by atoms with E-state index in [0.717, 1.165) is 29.9 Å². The molecular formula is C27H31N3O6. The third kappa shape index (κ3) is 5.24. The fourth-order valence-corrected chi connectivity index (χ4v) is 5.09. The number of nitrogens with two attached hydrogens (primary N) is 1. The monoisotopic (exact) mass is 493 g/mol. The Balaban J connectivity index is 1.32. The number of primary amides is 1. The first-order chi connectivity index (χ1) is 17.5. The Labute approximate surface area is 209 Å². The highest BCUT2D eigenvalue weighted by atomic mass is 16.5. The van der Waals surface area contributed by atoms with Crippen LogP contribution in [0.1, 0.15) is 49.5 Å². The molecule has 5 rings (SSSR count). The molecule has 190 valence electrons. The van der Waals surface area contributed by atoms with E-state index < -0.39 is 5.91 Å². The number of para-hydroxylation sites is 1. The Morgan fingerprint density at radius 2 is 2.00 bits per heavy atom. The van der Waals surface area contributed by atoms with Gasteiger partial charge in [0.05, 0.1) is 13.2 Å². The van der Waals surface area contributed by atoms with Gasteiger partial charge in [-0.15, -0.1) is 0 Å². The Bertz CT molecular complexity index is 1250. The maximum atomic E-state index is 12.7. The number of piperidine rings is 1. The Morgan fingerprint density at radius 1 is 1.17 bits per heavy atom. The maximum Gasteiger partial charge on any atom is 0.255 e. The molecule has 9 nitrogen and oxygen atoms in total.